The molecule has 0 heterocycles. The molecule has 0 fully saturated rings. The highest BCUT2D eigenvalue weighted by Crippen LogP contribution is 2.22. The summed E-state index contributed by atoms with van der Waals surface area (Å²) in [7, 11) is 1.62. The van der Waals surface area contributed by atoms with Gasteiger partial charge in [-0.3, -0.25) is 9.59 Å². The summed E-state index contributed by atoms with van der Waals surface area (Å²) < 4.78 is 1.59. The number of amides is 2. The van der Waals surface area contributed by atoms with Crippen molar-refractivity contribution in [2.75, 3.05) is 20.1 Å². The molecule has 4 nitrogen and oxygen atoms in total. The lowest BCUT2D eigenvalue weighted by Gasteiger charge is -2.18. The van der Waals surface area contributed by atoms with Crippen LogP contribution in [0.15, 0.2) is 27.1 Å². The third-order valence-electron chi connectivity index (χ3n) is 2.60. The van der Waals surface area contributed by atoms with E-state index >= 15 is 0 Å². The Bertz CT molecular complexity index is 504. The Kier molecular flexibility index (Phi) is 6.68. The number of nitrogens with zero attached hydrogens (tertiary/aromatic N) is 1. The minimum Gasteiger partial charge on any atom is -0.354 e. The molecule has 1 aromatic carbocycles. The van der Waals surface area contributed by atoms with Crippen LogP contribution in [0.5, 0.6) is 0 Å². The van der Waals surface area contributed by atoms with Crippen LogP contribution < -0.4 is 5.32 Å². The van der Waals surface area contributed by atoms with Crippen LogP contribution in [0.4, 0.5) is 0 Å². The molecule has 0 aliphatic rings. The van der Waals surface area contributed by atoms with Crippen LogP contribution in [0, 0.1) is 5.92 Å². The fraction of sp³-hybridized carbons (Fsp3) is 0.429. The maximum atomic E-state index is 12.3. The lowest BCUT2D eigenvalue weighted by molar-refractivity contribution is -0.121. The molecule has 110 valence electrons. The third-order valence-corrected chi connectivity index (χ3v) is 3.75. The van der Waals surface area contributed by atoms with Gasteiger partial charge in [-0.1, -0.05) is 29.8 Å². The zero-order chi connectivity index (χ0) is 15.3. The quantitative estimate of drug-likeness (QED) is 0.818. The van der Waals surface area contributed by atoms with Gasteiger partial charge >= 0.3 is 0 Å². The first-order chi connectivity index (χ1) is 9.31. The van der Waals surface area contributed by atoms with E-state index in [2.05, 4.69) is 37.2 Å². The van der Waals surface area contributed by atoms with E-state index < -0.39 is 0 Å². The third kappa shape index (κ3) is 5.25. The van der Waals surface area contributed by atoms with Crippen molar-refractivity contribution in [1.82, 2.24) is 10.2 Å². The first-order valence-electron chi connectivity index (χ1n) is 6.28. The zero-order valence-corrected chi connectivity index (χ0v) is 14.9. The molecule has 0 aliphatic heterocycles. The summed E-state index contributed by atoms with van der Waals surface area (Å²) in [5.74, 6) is 0.0485. The van der Waals surface area contributed by atoms with Gasteiger partial charge in [-0.05, 0) is 40.0 Å². The smallest absolute Gasteiger partial charge is 0.255 e. The molecule has 6 heteroatoms. The second-order valence-corrected chi connectivity index (χ2v) is 6.75. The minimum atomic E-state index is -0.191. The fourth-order valence-electron chi connectivity index (χ4n) is 1.53. The fourth-order valence-corrected chi connectivity index (χ4v) is 2.75. The lowest BCUT2D eigenvalue weighted by Crippen LogP contribution is -2.39. The van der Waals surface area contributed by atoms with Gasteiger partial charge in [0.2, 0.25) is 5.91 Å². The van der Waals surface area contributed by atoms with Gasteiger partial charge in [0, 0.05) is 22.5 Å². The van der Waals surface area contributed by atoms with Gasteiger partial charge in [0.1, 0.15) is 0 Å². The highest BCUT2D eigenvalue weighted by molar-refractivity contribution is 9.11. The Morgan fingerprint density at radius 2 is 1.95 bits per heavy atom. The molecule has 1 rings (SSSR count). The van der Waals surface area contributed by atoms with E-state index in [-0.39, 0.29) is 18.4 Å². The molecule has 0 saturated carbocycles. The number of halogens is 2. The molecule has 2 amide bonds. The maximum Gasteiger partial charge on any atom is 0.255 e. The molecule has 0 spiro atoms. The maximum absolute atomic E-state index is 12.3. The number of benzene rings is 1. The standard InChI is InChI=1S/C14H18Br2N2O2/c1-9(2)7-17-13(19)8-18(3)14(20)11-5-4-10(15)6-12(11)16/h4-6,9H,7-8H2,1-3H3,(H,17,19). The first kappa shape index (κ1) is 17.2. The molecule has 1 aromatic rings. The molecule has 0 aromatic heterocycles. The largest absolute Gasteiger partial charge is 0.354 e. The summed E-state index contributed by atoms with van der Waals surface area (Å²) in [6.45, 7) is 4.71. The Labute approximate surface area is 136 Å². The predicted octanol–water partition coefficient (Wildman–Crippen LogP) is 3.06. The van der Waals surface area contributed by atoms with Gasteiger partial charge in [-0.2, -0.15) is 0 Å². The summed E-state index contributed by atoms with van der Waals surface area (Å²) in [6, 6.07) is 5.32. The summed E-state index contributed by atoms with van der Waals surface area (Å²) in [5.41, 5.74) is 0.535. The van der Waals surface area contributed by atoms with Gasteiger partial charge in [0.15, 0.2) is 0 Å². The molecule has 0 radical (unpaired) electrons. The molecule has 0 saturated heterocycles. The molecule has 0 unspecified atom stereocenters. The van der Waals surface area contributed by atoms with Crippen LogP contribution in [-0.2, 0) is 4.79 Å². The van der Waals surface area contributed by atoms with Gasteiger partial charge in [0.05, 0.1) is 12.1 Å². The van der Waals surface area contributed by atoms with E-state index in [1.807, 2.05) is 13.8 Å². The van der Waals surface area contributed by atoms with E-state index in [0.717, 1.165) is 4.47 Å². The summed E-state index contributed by atoms with van der Waals surface area (Å²) in [6.07, 6.45) is 0. The summed E-state index contributed by atoms with van der Waals surface area (Å²) in [5, 5.41) is 2.79. The topological polar surface area (TPSA) is 49.4 Å². The van der Waals surface area contributed by atoms with Crippen molar-refractivity contribution in [3.8, 4) is 0 Å². The molecule has 0 atom stereocenters. The summed E-state index contributed by atoms with van der Waals surface area (Å²) in [4.78, 5) is 25.4. The van der Waals surface area contributed by atoms with Crippen molar-refractivity contribution in [3.05, 3.63) is 32.7 Å². The van der Waals surface area contributed by atoms with E-state index in [0.29, 0.717) is 22.5 Å². The van der Waals surface area contributed by atoms with Crippen molar-refractivity contribution >= 4 is 43.7 Å². The second-order valence-electron chi connectivity index (χ2n) is 4.98. The van der Waals surface area contributed by atoms with Crippen LogP contribution in [0.25, 0.3) is 0 Å². The van der Waals surface area contributed by atoms with Crippen LogP contribution in [0.1, 0.15) is 24.2 Å². The minimum absolute atomic E-state index is 0.0497. The Morgan fingerprint density at radius 3 is 2.50 bits per heavy atom. The monoisotopic (exact) mass is 404 g/mol. The molecular formula is C14H18Br2N2O2. The van der Waals surface area contributed by atoms with E-state index in [1.165, 1.54) is 4.90 Å². The van der Waals surface area contributed by atoms with Crippen LogP contribution in [0.2, 0.25) is 0 Å². The Balaban J connectivity index is 2.65. The van der Waals surface area contributed by atoms with Gasteiger partial charge in [0.25, 0.3) is 5.91 Å². The molecule has 0 bridgehead atoms. The van der Waals surface area contributed by atoms with Gasteiger partial charge in [-0.25, -0.2) is 0 Å². The molecular weight excluding hydrogens is 388 g/mol. The van der Waals surface area contributed by atoms with Crippen molar-refractivity contribution in [2.45, 2.75) is 13.8 Å². The number of likely N-dealkylation sites (N-methyl/N-ethyl adjacent to an activating group) is 1. The van der Waals surface area contributed by atoms with E-state index in [1.54, 1.807) is 25.2 Å². The number of hydrogen-bond donors (Lipinski definition) is 1. The van der Waals surface area contributed by atoms with Crippen LogP contribution in [-0.4, -0.2) is 36.9 Å². The molecule has 0 aliphatic carbocycles. The number of nitrogens with one attached hydrogen (secondary N) is 1. The summed E-state index contributed by atoms with van der Waals surface area (Å²) >= 11 is 6.69. The highest BCUT2D eigenvalue weighted by atomic mass is 79.9. The number of carbonyl (C=O) groups is 2. The van der Waals surface area contributed by atoms with E-state index in [9.17, 15) is 9.59 Å². The lowest BCUT2D eigenvalue weighted by atomic mass is 10.2. The molecule has 1 N–H and O–H groups in total. The van der Waals surface area contributed by atoms with Crippen molar-refractivity contribution in [2.24, 2.45) is 5.92 Å². The normalized spacial score (nSPS) is 10.5. The highest BCUT2D eigenvalue weighted by Gasteiger charge is 2.17. The SMILES string of the molecule is CC(C)CNC(=O)CN(C)C(=O)c1ccc(Br)cc1Br. The number of carbonyl (C=O) groups excluding carboxylic acids is 2. The first-order valence-corrected chi connectivity index (χ1v) is 7.87. The van der Waals surface area contributed by atoms with Gasteiger partial charge in [-0.15, -0.1) is 0 Å². The van der Waals surface area contributed by atoms with Crippen molar-refractivity contribution < 1.29 is 9.59 Å². The van der Waals surface area contributed by atoms with Crippen LogP contribution in [0.3, 0.4) is 0 Å². The van der Waals surface area contributed by atoms with Crippen molar-refractivity contribution in [1.29, 1.82) is 0 Å². The average Bonchev–Trinajstić information content (AvgIpc) is 2.35. The number of rotatable bonds is 5. The van der Waals surface area contributed by atoms with Crippen LogP contribution >= 0.6 is 31.9 Å². The predicted molar refractivity (Wildman–Crippen MR) is 86.7 cm³/mol. The zero-order valence-electron chi connectivity index (χ0n) is 11.7. The second kappa shape index (κ2) is 7.78. The van der Waals surface area contributed by atoms with Crippen molar-refractivity contribution in [3.63, 3.8) is 0 Å². The molecule has 20 heavy (non-hydrogen) atoms. The average molecular weight is 406 g/mol. The number of hydrogen-bond acceptors (Lipinski definition) is 2. The van der Waals surface area contributed by atoms with E-state index in [4.69, 9.17) is 0 Å². The Hall–Kier alpha value is -0.880. The van der Waals surface area contributed by atoms with Gasteiger partial charge < -0.3 is 10.2 Å². The Morgan fingerprint density at radius 1 is 1.30 bits per heavy atom.